The second-order valence-corrected chi connectivity index (χ2v) is 11.5. The maximum Gasteiger partial charge on any atom is 0.261 e. The number of pyridine rings is 1. The molecule has 9 nitrogen and oxygen atoms in total. The highest BCUT2D eigenvalue weighted by Crippen LogP contribution is 2.41. The molecule has 0 radical (unpaired) electrons. The molecule has 0 saturated heterocycles. The summed E-state index contributed by atoms with van der Waals surface area (Å²) in [6.45, 7) is 0.0950. The van der Waals surface area contributed by atoms with Crippen LogP contribution in [0.5, 0.6) is 0 Å². The normalized spacial score (nSPS) is 12.0. The number of halogens is 2. The Labute approximate surface area is 252 Å². The van der Waals surface area contributed by atoms with E-state index in [9.17, 15) is 22.6 Å². The fourth-order valence-corrected chi connectivity index (χ4v) is 5.46. The average Bonchev–Trinajstić information content (AvgIpc) is 3.40. The van der Waals surface area contributed by atoms with Gasteiger partial charge in [0.25, 0.3) is 11.5 Å². The lowest BCUT2D eigenvalue weighted by atomic mass is 9.97. The third-order valence-corrected chi connectivity index (χ3v) is 8.32. The lowest BCUT2D eigenvalue weighted by Gasteiger charge is -2.20. The molecule has 222 valence electrons. The first-order valence-corrected chi connectivity index (χ1v) is 14.9. The van der Waals surface area contributed by atoms with Crippen LogP contribution in [0.1, 0.15) is 16.1 Å². The van der Waals surface area contributed by atoms with E-state index in [1.165, 1.54) is 60.6 Å². The highest BCUT2D eigenvalue weighted by atomic mass is 32.2. The smallest absolute Gasteiger partial charge is 0.261 e. The number of furan rings is 1. The summed E-state index contributed by atoms with van der Waals surface area (Å²) in [5.74, 6) is -1.06. The van der Waals surface area contributed by atoms with Crippen LogP contribution in [0.15, 0.2) is 88.5 Å². The van der Waals surface area contributed by atoms with Gasteiger partial charge in [-0.1, -0.05) is 6.07 Å². The molecular weight excluding hydrogens is 588 g/mol. The molecule has 0 bridgehead atoms. The van der Waals surface area contributed by atoms with Gasteiger partial charge in [-0.3, -0.25) is 23.4 Å². The number of rotatable bonds is 7. The van der Waals surface area contributed by atoms with Crippen LogP contribution in [-0.2, 0) is 17.5 Å². The van der Waals surface area contributed by atoms with Gasteiger partial charge in [-0.2, -0.15) is 0 Å². The number of carbonyl (C=O) groups is 1. The quantitative estimate of drug-likeness (QED) is 0.262. The standard InChI is InChI=1S/C32H25F2N5O4S/c1-35-31(40)29-25-13-23(27(38(2)44(3)42)14-28(25)43-30(29)18-4-7-20(33)8-5-18)19-6-11-26-24(12-19)32(41)39(17-37-26)16-22-10-9-21(34)15-36-22/h4-15,17H,16H2,1-3H3,(H,35,40). The SMILES string of the molecule is CNC(=O)c1c(-c2ccc(F)cc2)oc2cc(N(C)S(C)=O)c(-c3ccc4ncn(Cc5ccc(F)cn5)c(=O)c4c3)cc12. The number of benzene rings is 3. The van der Waals surface area contributed by atoms with Gasteiger partial charge in [0.05, 0.1) is 46.9 Å². The Balaban J connectivity index is 1.56. The van der Waals surface area contributed by atoms with Gasteiger partial charge in [0.2, 0.25) is 0 Å². The van der Waals surface area contributed by atoms with Gasteiger partial charge in [-0.15, -0.1) is 0 Å². The summed E-state index contributed by atoms with van der Waals surface area (Å²) in [5, 5.41) is 3.45. The van der Waals surface area contributed by atoms with Crippen molar-refractivity contribution < 1.29 is 22.2 Å². The van der Waals surface area contributed by atoms with Crippen LogP contribution in [0, 0.1) is 11.6 Å². The second-order valence-electron chi connectivity index (χ2n) is 10.1. The molecule has 6 rings (SSSR count). The molecule has 1 N–H and O–H groups in total. The molecular formula is C32H25F2N5O4S. The van der Waals surface area contributed by atoms with Gasteiger partial charge in [-0.25, -0.2) is 18.0 Å². The Bertz CT molecular complexity index is 2140. The molecule has 44 heavy (non-hydrogen) atoms. The minimum atomic E-state index is -1.44. The van der Waals surface area contributed by atoms with Crippen LogP contribution >= 0.6 is 0 Å². The zero-order valence-electron chi connectivity index (χ0n) is 23.8. The third-order valence-electron chi connectivity index (χ3n) is 7.35. The highest BCUT2D eigenvalue weighted by molar-refractivity contribution is 7.85. The van der Waals surface area contributed by atoms with Crippen molar-refractivity contribution in [2.24, 2.45) is 0 Å². The fraction of sp³-hybridized carbons (Fsp3) is 0.125. The molecule has 0 aliphatic carbocycles. The number of hydrogen-bond donors (Lipinski definition) is 1. The van der Waals surface area contributed by atoms with E-state index in [4.69, 9.17) is 4.42 Å². The van der Waals surface area contributed by atoms with Crippen LogP contribution in [0.25, 0.3) is 44.3 Å². The van der Waals surface area contributed by atoms with E-state index in [1.807, 2.05) is 0 Å². The molecule has 0 aliphatic rings. The zero-order chi connectivity index (χ0) is 31.1. The monoisotopic (exact) mass is 613 g/mol. The summed E-state index contributed by atoms with van der Waals surface area (Å²) >= 11 is 0. The average molecular weight is 614 g/mol. The number of fused-ring (bicyclic) bond motifs is 2. The Hall–Kier alpha value is -5.23. The number of anilines is 1. The Morgan fingerprint density at radius 1 is 0.977 bits per heavy atom. The van der Waals surface area contributed by atoms with E-state index in [2.05, 4.69) is 15.3 Å². The van der Waals surface area contributed by atoms with Gasteiger partial charge in [0.1, 0.15) is 34.0 Å². The fourth-order valence-electron chi connectivity index (χ4n) is 5.03. The van der Waals surface area contributed by atoms with Gasteiger partial charge in [0, 0.05) is 42.9 Å². The molecule has 0 fully saturated rings. The van der Waals surface area contributed by atoms with Crippen molar-refractivity contribution in [2.45, 2.75) is 6.54 Å². The van der Waals surface area contributed by atoms with Crippen LogP contribution in [0.2, 0.25) is 0 Å². The van der Waals surface area contributed by atoms with Crippen molar-refractivity contribution in [1.82, 2.24) is 19.9 Å². The van der Waals surface area contributed by atoms with E-state index < -0.39 is 28.5 Å². The Morgan fingerprint density at radius 3 is 2.39 bits per heavy atom. The van der Waals surface area contributed by atoms with E-state index in [1.54, 1.807) is 41.7 Å². The summed E-state index contributed by atoms with van der Waals surface area (Å²) in [6, 6.07) is 17.0. The summed E-state index contributed by atoms with van der Waals surface area (Å²) in [5.41, 5.74) is 3.46. The van der Waals surface area contributed by atoms with Crippen molar-refractivity contribution in [3.05, 3.63) is 112 Å². The summed E-state index contributed by atoms with van der Waals surface area (Å²) in [4.78, 5) is 35.2. The first-order valence-electron chi connectivity index (χ1n) is 13.4. The number of amides is 1. The lowest BCUT2D eigenvalue weighted by molar-refractivity contribution is 0.0964. The Morgan fingerprint density at radius 2 is 1.70 bits per heavy atom. The number of carbonyl (C=O) groups excluding carboxylic acids is 1. The van der Waals surface area contributed by atoms with Crippen molar-refractivity contribution >= 4 is 44.5 Å². The van der Waals surface area contributed by atoms with Gasteiger partial charge >= 0.3 is 0 Å². The van der Waals surface area contributed by atoms with Crippen molar-refractivity contribution in [3.8, 4) is 22.5 Å². The zero-order valence-corrected chi connectivity index (χ0v) is 24.6. The van der Waals surface area contributed by atoms with Gasteiger partial charge in [-0.05, 0) is 60.2 Å². The van der Waals surface area contributed by atoms with Crippen molar-refractivity contribution in [3.63, 3.8) is 0 Å². The molecule has 0 spiro atoms. The van der Waals surface area contributed by atoms with E-state index in [0.717, 1.165) is 6.20 Å². The molecule has 12 heteroatoms. The Kier molecular flexibility index (Phi) is 7.52. The predicted octanol–water partition coefficient (Wildman–Crippen LogP) is 5.29. The first-order chi connectivity index (χ1) is 21.1. The predicted molar refractivity (Wildman–Crippen MR) is 166 cm³/mol. The molecule has 1 unspecified atom stereocenters. The number of nitrogens with one attached hydrogen (secondary N) is 1. The first kappa shape index (κ1) is 28.9. The maximum atomic E-state index is 13.7. The lowest BCUT2D eigenvalue weighted by Crippen LogP contribution is -2.22. The van der Waals surface area contributed by atoms with E-state index in [-0.39, 0.29) is 23.4 Å². The van der Waals surface area contributed by atoms with Crippen molar-refractivity contribution in [2.75, 3.05) is 24.7 Å². The number of nitrogens with zero attached hydrogens (tertiary/aromatic N) is 4. The molecule has 0 saturated carbocycles. The summed E-state index contributed by atoms with van der Waals surface area (Å²) < 4.78 is 48.8. The van der Waals surface area contributed by atoms with Crippen LogP contribution < -0.4 is 15.2 Å². The molecule has 3 aromatic carbocycles. The van der Waals surface area contributed by atoms with Gasteiger partial charge < -0.3 is 9.73 Å². The highest BCUT2D eigenvalue weighted by Gasteiger charge is 2.25. The summed E-state index contributed by atoms with van der Waals surface area (Å²) in [6.07, 6.45) is 4.03. The van der Waals surface area contributed by atoms with Crippen molar-refractivity contribution in [1.29, 1.82) is 0 Å². The molecule has 1 atom stereocenters. The summed E-state index contributed by atoms with van der Waals surface area (Å²) in [7, 11) is 1.73. The van der Waals surface area contributed by atoms with E-state index in [0.29, 0.717) is 49.9 Å². The minimum Gasteiger partial charge on any atom is -0.455 e. The van der Waals surface area contributed by atoms with Crippen LogP contribution in [-0.4, -0.2) is 45.0 Å². The molecule has 6 aromatic rings. The largest absolute Gasteiger partial charge is 0.455 e. The molecule has 1 amide bonds. The number of hydrogen-bond acceptors (Lipinski definition) is 6. The molecule has 3 aromatic heterocycles. The topological polar surface area (TPSA) is 110 Å². The molecule has 3 heterocycles. The van der Waals surface area contributed by atoms with Crippen LogP contribution in [0.3, 0.4) is 0 Å². The van der Waals surface area contributed by atoms with E-state index >= 15 is 0 Å². The van der Waals surface area contributed by atoms with Crippen LogP contribution in [0.4, 0.5) is 14.5 Å². The number of aromatic nitrogens is 3. The third kappa shape index (κ3) is 5.24. The second kappa shape index (κ2) is 11.5. The molecule has 0 aliphatic heterocycles. The minimum absolute atomic E-state index is 0.0950. The maximum absolute atomic E-state index is 13.7. The van der Waals surface area contributed by atoms with Gasteiger partial charge in [0.15, 0.2) is 0 Å².